The second-order valence-electron chi connectivity index (χ2n) is 2.87. The molecule has 0 aromatic heterocycles. The minimum Gasteiger partial charge on any atom is -1.00 e. The van der Waals surface area contributed by atoms with E-state index in [0.717, 1.165) is 16.8 Å². The van der Waals surface area contributed by atoms with Gasteiger partial charge in [-0.25, -0.2) is 0 Å². The topological polar surface area (TPSA) is 41.4 Å². The van der Waals surface area contributed by atoms with Crippen LogP contribution in [0.2, 0.25) is 0 Å². The van der Waals surface area contributed by atoms with Crippen LogP contribution in [0.5, 0.6) is 0 Å². The third-order valence-electron chi connectivity index (χ3n) is 1.96. The van der Waals surface area contributed by atoms with E-state index in [9.17, 15) is 0 Å². The van der Waals surface area contributed by atoms with Crippen molar-refractivity contribution in [2.24, 2.45) is 10.7 Å². The Bertz CT molecular complexity index is 229. The van der Waals surface area contributed by atoms with E-state index in [1.54, 1.807) is 11.8 Å². The number of amidine groups is 2. The molecule has 0 spiro atoms. The first kappa shape index (κ1) is 9.86. The van der Waals surface area contributed by atoms with Gasteiger partial charge in [0.2, 0.25) is 5.84 Å². The molecule has 0 aliphatic carbocycles. The normalized spacial score (nSPS) is 22.5. The van der Waals surface area contributed by atoms with E-state index in [4.69, 9.17) is 5.73 Å². The van der Waals surface area contributed by atoms with Crippen LogP contribution in [0, 0.1) is 0 Å². The van der Waals surface area contributed by atoms with Crippen molar-refractivity contribution in [1.29, 1.82) is 0 Å². The van der Waals surface area contributed by atoms with E-state index < -0.39 is 0 Å². The predicted molar refractivity (Wildman–Crippen MR) is 48.3 cm³/mol. The number of aliphatic imine (C=N–C) groups is 1. The third-order valence-corrected chi connectivity index (χ3v) is 3.01. The zero-order valence-electron chi connectivity index (χ0n) is 6.79. The van der Waals surface area contributed by atoms with Crippen LogP contribution in [0.3, 0.4) is 0 Å². The smallest absolute Gasteiger partial charge is 0.357 e. The molecule has 1 fully saturated rings. The quantitative estimate of drug-likeness (QED) is 0.436. The summed E-state index contributed by atoms with van der Waals surface area (Å²) in [5.74, 6) is 1.66. The maximum atomic E-state index is 5.57. The fraction of sp³-hybridized carbons (Fsp3) is 0.714. The van der Waals surface area contributed by atoms with Crippen LogP contribution in [-0.2, 0) is 0 Å². The Morgan fingerprint density at radius 1 is 1.33 bits per heavy atom. The molecular weight excluding hydrogens is 194 g/mol. The van der Waals surface area contributed by atoms with Crippen LogP contribution < -0.4 is 18.1 Å². The average Bonchev–Trinajstić information content (AvgIpc) is 2.55. The molecule has 2 rings (SSSR count). The lowest BCUT2D eigenvalue weighted by Crippen LogP contribution is -3.00. The first-order chi connectivity index (χ1) is 5.36. The summed E-state index contributed by atoms with van der Waals surface area (Å²) in [4.78, 5) is 4.27. The zero-order chi connectivity index (χ0) is 7.68. The number of nitrogens with zero attached hydrogens (tertiary/aromatic N) is 2. The SMILES string of the molecule is NC1=NC(=[N+]2CCCC2)SC1.[Cl-]. The number of rotatable bonds is 0. The highest BCUT2D eigenvalue weighted by Crippen LogP contribution is 2.15. The third kappa shape index (κ3) is 1.93. The molecule has 0 saturated carbocycles. The van der Waals surface area contributed by atoms with Crippen LogP contribution in [0.4, 0.5) is 0 Å². The molecule has 0 unspecified atom stereocenters. The zero-order valence-corrected chi connectivity index (χ0v) is 8.37. The van der Waals surface area contributed by atoms with Gasteiger partial charge >= 0.3 is 5.17 Å². The number of nitrogens with two attached hydrogens (primary N) is 1. The van der Waals surface area contributed by atoms with E-state index in [1.165, 1.54) is 25.9 Å². The van der Waals surface area contributed by atoms with Crippen molar-refractivity contribution in [3.63, 3.8) is 0 Å². The first-order valence-electron chi connectivity index (χ1n) is 3.94. The Morgan fingerprint density at radius 2 is 2.00 bits per heavy atom. The van der Waals surface area contributed by atoms with Crippen molar-refractivity contribution in [3.05, 3.63) is 0 Å². The minimum atomic E-state index is 0. The van der Waals surface area contributed by atoms with Gasteiger partial charge < -0.3 is 18.1 Å². The molecule has 3 nitrogen and oxygen atoms in total. The Labute approximate surface area is 82.5 Å². The summed E-state index contributed by atoms with van der Waals surface area (Å²) in [5, 5.41) is 1.14. The van der Waals surface area contributed by atoms with Gasteiger partial charge in [-0.2, -0.15) is 0 Å². The van der Waals surface area contributed by atoms with Gasteiger partial charge in [-0.15, -0.1) is 0 Å². The van der Waals surface area contributed by atoms with Crippen LogP contribution >= 0.6 is 11.8 Å². The average molecular weight is 206 g/mol. The molecule has 2 aliphatic rings. The van der Waals surface area contributed by atoms with E-state index >= 15 is 0 Å². The van der Waals surface area contributed by atoms with Gasteiger partial charge in [0.25, 0.3) is 0 Å². The van der Waals surface area contributed by atoms with Crippen molar-refractivity contribution in [2.75, 3.05) is 18.8 Å². The summed E-state index contributed by atoms with van der Waals surface area (Å²) < 4.78 is 2.32. The van der Waals surface area contributed by atoms with Gasteiger partial charge in [0.15, 0.2) is 0 Å². The summed E-state index contributed by atoms with van der Waals surface area (Å²) in [5.41, 5.74) is 5.57. The molecule has 0 aromatic carbocycles. The number of thioether (sulfide) groups is 1. The van der Waals surface area contributed by atoms with Gasteiger partial charge in [0, 0.05) is 0 Å². The number of hydrogen-bond donors (Lipinski definition) is 1. The summed E-state index contributed by atoms with van der Waals surface area (Å²) >= 11 is 1.76. The summed E-state index contributed by atoms with van der Waals surface area (Å²) in [6, 6.07) is 0. The summed E-state index contributed by atoms with van der Waals surface area (Å²) in [7, 11) is 0. The maximum Gasteiger partial charge on any atom is 0.357 e. The van der Waals surface area contributed by atoms with Crippen LogP contribution in [-0.4, -0.2) is 34.4 Å². The molecule has 2 heterocycles. The molecule has 0 aromatic rings. The molecule has 0 atom stereocenters. The molecule has 2 aliphatic heterocycles. The van der Waals surface area contributed by atoms with Crippen LogP contribution in [0.1, 0.15) is 12.8 Å². The van der Waals surface area contributed by atoms with Gasteiger partial charge in [0.1, 0.15) is 0 Å². The Morgan fingerprint density at radius 3 is 2.50 bits per heavy atom. The summed E-state index contributed by atoms with van der Waals surface area (Å²) in [6.45, 7) is 2.33. The first-order valence-corrected chi connectivity index (χ1v) is 4.92. The van der Waals surface area contributed by atoms with E-state index in [0.29, 0.717) is 0 Å². The summed E-state index contributed by atoms with van der Waals surface area (Å²) in [6.07, 6.45) is 2.61. The standard InChI is InChI=1S/C7H11N3S.ClH/c8-6-5-11-7(9-6)10-3-1-2-4-10;/h8H,1-5H2;1H. The molecular formula is C7H12ClN3S. The lowest BCUT2D eigenvalue weighted by Gasteiger charge is -1.93. The van der Waals surface area contributed by atoms with Gasteiger partial charge in [-0.3, -0.25) is 4.58 Å². The molecule has 5 heteroatoms. The lowest BCUT2D eigenvalue weighted by atomic mass is 10.4. The van der Waals surface area contributed by atoms with Crippen molar-refractivity contribution >= 4 is 22.8 Å². The Kier molecular flexibility index (Phi) is 3.40. The van der Waals surface area contributed by atoms with Crippen LogP contribution in [0.25, 0.3) is 0 Å². The van der Waals surface area contributed by atoms with Crippen molar-refractivity contribution in [1.82, 2.24) is 0 Å². The Hall–Kier alpha value is -0.220. The molecule has 0 amide bonds. The van der Waals surface area contributed by atoms with Crippen molar-refractivity contribution in [3.8, 4) is 0 Å². The van der Waals surface area contributed by atoms with E-state index in [1.807, 2.05) is 0 Å². The van der Waals surface area contributed by atoms with E-state index in [2.05, 4.69) is 9.57 Å². The fourth-order valence-electron chi connectivity index (χ4n) is 1.40. The predicted octanol–water partition coefficient (Wildman–Crippen LogP) is -2.74. The van der Waals surface area contributed by atoms with Crippen molar-refractivity contribution < 1.29 is 17.0 Å². The fourth-order valence-corrected chi connectivity index (χ4v) is 2.28. The molecule has 68 valence electrons. The number of hydrogen-bond acceptors (Lipinski definition) is 2. The molecule has 2 N–H and O–H groups in total. The van der Waals surface area contributed by atoms with Crippen molar-refractivity contribution in [2.45, 2.75) is 12.8 Å². The highest BCUT2D eigenvalue weighted by molar-refractivity contribution is 8.14. The molecule has 1 saturated heterocycles. The number of halogens is 1. The van der Waals surface area contributed by atoms with Crippen LogP contribution in [0.15, 0.2) is 4.99 Å². The lowest BCUT2D eigenvalue weighted by molar-refractivity contribution is -0.503. The van der Waals surface area contributed by atoms with E-state index in [-0.39, 0.29) is 12.4 Å². The molecule has 0 radical (unpaired) electrons. The Balaban J connectivity index is 0.000000720. The monoisotopic (exact) mass is 205 g/mol. The van der Waals surface area contributed by atoms with Gasteiger partial charge in [-0.05, 0) is 29.6 Å². The molecule has 12 heavy (non-hydrogen) atoms. The maximum absolute atomic E-state index is 5.57. The highest BCUT2D eigenvalue weighted by Gasteiger charge is 2.25. The molecule has 0 bridgehead atoms. The largest absolute Gasteiger partial charge is 1.00 e. The minimum absolute atomic E-state index is 0. The highest BCUT2D eigenvalue weighted by atomic mass is 35.5. The van der Waals surface area contributed by atoms with Gasteiger partial charge in [-0.1, -0.05) is 0 Å². The second kappa shape index (κ2) is 4.14. The van der Waals surface area contributed by atoms with Gasteiger partial charge in [0.05, 0.1) is 18.8 Å². The second-order valence-corrected chi connectivity index (χ2v) is 3.81.